The minimum Gasteiger partial charge on any atom is -0.383 e. The number of thiophene rings is 1. The summed E-state index contributed by atoms with van der Waals surface area (Å²) in [6.45, 7) is 0. The third-order valence-corrected chi connectivity index (χ3v) is 4.08. The van der Waals surface area contributed by atoms with E-state index in [1.165, 1.54) is 6.07 Å². The highest BCUT2D eigenvalue weighted by atomic mass is 35.5. The summed E-state index contributed by atoms with van der Waals surface area (Å²) in [5.74, 6) is -0.0716. The first kappa shape index (κ1) is 13.1. The molecule has 3 nitrogen and oxygen atoms in total. The lowest BCUT2D eigenvalue weighted by Crippen LogP contribution is -1.98. The molecule has 0 spiro atoms. The van der Waals surface area contributed by atoms with Crippen LogP contribution in [0.1, 0.15) is 0 Å². The Labute approximate surface area is 124 Å². The molecule has 20 heavy (non-hydrogen) atoms. The van der Waals surface area contributed by atoms with Gasteiger partial charge in [-0.05, 0) is 17.5 Å². The molecule has 3 rings (SSSR count). The van der Waals surface area contributed by atoms with Gasteiger partial charge in [0.15, 0.2) is 0 Å². The molecule has 0 amide bonds. The second kappa shape index (κ2) is 4.92. The van der Waals surface area contributed by atoms with Crippen LogP contribution in [-0.2, 0) is 7.05 Å². The van der Waals surface area contributed by atoms with Crippen molar-refractivity contribution in [2.24, 2.45) is 7.05 Å². The average molecular weight is 308 g/mol. The van der Waals surface area contributed by atoms with Crippen molar-refractivity contribution in [2.45, 2.75) is 0 Å². The van der Waals surface area contributed by atoms with Gasteiger partial charge in [0, 0.05) is 23.6 Å². The Hall–Kier alpha value is -1.85. The molecule has 0 bridgehead atoms. The van der Waals surface area contributed by atoms with E-state index in [2.05, 4.69) is 5.10 Å². The first-order valence-corrected chi connectivity index (χ1v) is 7.21. The summed E-state index contributed by atoms with van der Waals surface area (Å²) < 4.78 is 15.8. The fraction of sp³-hybridized carbons (Fsp3) is 0.0714. The fourth-order valence-electron chi connectivity index (χ4n) is 2.10. The zero-order chi connectivity index (χ0) is 14.3. The monoisotopic (exact) mass is 307 g/mol. The van der Waals surface area contributed by atoms with Gasteiger partial charge < -0.3 is 5.73 Å². The maximum atomic E-state index is 14.3. The van der Waals surface area contributed by atoms with E-state index in [0.717, 1.165) is 5.56 Å². The summed E-state index contributed by atoms with van der Waals surface area (Å²) in [7, 11) is 1.73. The van der Waals surface area contributed by atoms with Gasteiger partial charge in [-0.3, -0.25) is 4.68 Å². The van der Waals surface area contributed by atoms with Gasteiger partial charge in [0.1, 0.15) is 17.3 Å². The fourth-order valence-corrected chi connectivity index (χ4v) is 2.92. The Morgan fingerprint density at radius 1 is 1.35 bits per heavy atom. The molecule has 102 valence electrons. The van der Waals surface area contributed by atoms with Gasteiger partial charge in [-0.2, -0.15) is 16.4 Å². The number of aryl methyl sites for hydroxylation is 1. The van der Waals surface area contributed by atoms with E-state index in [1.807, 2.05) is 16.8 Å². The van der Waals surface area contributed by atoms with E-state index in [4.69, 9.17) is 17.3 Å². The molecule has 0 unspecified atom stereocenters. The van der Waals surface area contributed by atoms with Crippen LogP contribution < -0.4 is 5.73 Å². The molecule has 0 aliphatic rings. The number of nitrogens with zero attached hydrogens (tertiary/aromatic N) is 2. The molecule has 0 saturated carbocycles. The van der Waals surface area contributed by atoms with E-state index in [0.29, 0.717) is 22.6 Å². The van der Waals surface area contributed by atoms with Crippen molar-refractivity contribution < 1.29 is 4.39 Å². The van der Waals surface area contributed by atoms with E-state index in [1.54, 1.807) is 35.2 Å². The topological polar surface area (TPSA) is 43.8 Å². The zero-order valence-electron chi connectivity index (χ0n) is 10.6. The van der Waals surface area contributed by atoms with Crippen LogP contribution >= 0.6 is 22.9 Å². The zero-order valence-corrected chi connectivity index (χ0v) is 12.2. The average Bonchev–Trinajstić information content (AvgIpc) is 3.04. The quantitative estimate of drug-likeness (QED) is 0.771. The molecule has 0 fully saturated rings. The highest BCUT2D eigenvalue weighted by Crippen LogP contribution is 2.39. The van der Waals surface area contributed by atoms with E-state index < -0.39 is 5.82 Å². The highest BCUT2D eigenvalue weighted by molar-refractivity contribution is 7.08. The summed E-state index contributed by atoms with van der Waals surface area (Å²) in [5, 5.41) is 8.35. The molecule has 0 saturated heterocycles. The number of hydrogen-bond donors (Lipinski definition) is 1. The Bertz CT molecular complexity index is 765. The van der Waals surface area contributed by atoms with Crippen LogP contribution in [-0.4, -0.2) is 9.78 Å². The number of nitrogen functional groups attached to an aromatic ring is 1. The van der Waals surface area contributed by atoms with Crippen LogP contribution in [0.25, 0.3) is 22.4 Å². The van der Waals surface area contributed by atoms with Crippen LogP contribution in [0.15, 0.2) is 35.0 Å². The lowest BCUT2D eigenvalue weighted by Gasteiger charge is -2.06. The molecule has 3 aromatic rings. The number of benzene rings is 1. The van der Waals surface area contributed by atoms with Crippen molar-refractivity contribution in [1.82, 2.24) is 9.78 Å². The van der Waals surface area contributed by atoms with Gasteiger partial charge in [0.2, 0.25) is 0 Å². The number of halogens is 2. The molecule has 2 heterocycles. The predicted molar refractivity (Wildman–Crippen MR) is 81.3 cm³/mol. The smallest absolute Gasteiger partial charge is 0.149 e. The molecule has 0 radical (unpaired) electrons. The predicted octanol–water partition coefficient (Wildman–Crippen LogP) is 4.19. The normalized spacial score (nSPS) is 10.9. The van der Waals surface area contributed by atoms with Crippen molar-refractivity contribution in [3.63, 3.8) is 0 Å². The molecular formula is C14H11ClFN3S. The first-order chi connectivity index (χ1) is 9.59. The summed E-state index contributed by atoms with van der Waals surface area (Å²) >= 11 is 7.41. The van der Waals surface area contributed by atoms with Crippen molar-refractivity contribution in [2.75, 3.05) is 5.73 Å². The molecule has 0 aliphatic heterocycles. The number of rotatable bonds is 2. The Morgan fingerprint density at radius 3 is 2.85 bits per heavy atom. The second-order valence-corrected chi connectivity index (χ2v) is 5.53. The maximum Gasteiger partial charge on any atom is 0.149 e. The van der Waals surface area contributed by atoms with Crippen LogP contribution in [0.2, 0.25) is 5.02 Å². The third-order valence-electron chi connectivity index (χ3n) is 3.11. The van der Waals surface area contributed by atoms with Crippen molar-refractivity contribution in [3.8, 4) is 22.4 Å². The van der Waals surface area contributed by atoms with Crippen LogP contribution in [0.5, 0.6) is 0 Å². The number of aromatic nitrogens is 2. The standard InChI is InChI=1S/C14H11ClFN3S/c1-19-14(17)11(9-3-2-4-10(15)12(9)16)13(18-19)8-5-6-20-7-8/h2-7H,17H2,1H3. The Kier molecular flexibility index (Phi) is 3.23. The minimum atomic E-state index is -0.481. The van der Waals surface area contributed by atoms with Gasteiger partial charge in [-0.1, -0.05) is 23.7 Å². The first-order valence-electron chi connectivity index (χ1n) is 5.89. The molecule has 2 aromatic heterocycles. The van der Waals surface area contributed by atoms with Gasteiger partial charge in [-0.15, -0.1) is 0 Å². The Balaban J connectivity index is 2.31. The van der Waals surface area contributed by atoms with Crippen LogP contribution in [0, 0.1) is 5.82 Å². The van der Waals surface area contributed by atoms with E-state index in [-0.39, 0.29) is 5.02 Å². The van der Waals surface area contributed by atoms with Crippen molar-refractivity contribution >= 4 is 28.8 Å². The largest absolute Gasteiger partial charge is 0.383 e. The van der Waals surface area contributed by atoms with Gasteiger partial charge in [0.05, 0.1) is 10.6 Å². The second-order valence-electron chi connectivity index (χ2n) is 4.35. The lowest BCUT2D eigenvalue weighted by atomic mass is 10.0. The minimum absolute atomic E-state index is 0.0713. The Morgan fingerprint density at radius 2 is 2.15 bits per heavy atom. The van der Waals surface area contributed by atoms with Gasteiger partial charge in [-0.25, -0.2) is 4.39 Å². The van der Waals surface area contributed by atoms with Crippen LogP contribution in [0.3, 0.4) is 0 Å². The third kappa shape index (κ3) is 1.99. The molecule has 1 aromatic carbocycles. The van der Waals surface area contributed by atoms with E-state index in [9.17, 15) is 4.39 Å². The van der Waals surface area contributed by atoms with Gasteiger partial charge in [0.25, 0.3) is 0 Å². The number of nitrogens with two attached hydrogens (primary N) is 1. The highest BCUT2D eigenvalue weighted by Gasteiger charge is 2.21. The molecule has 0 aliphatic carbocycles. The molecule has 0 atom stereocenters. The number of hydrogen-bond acceptors (Lipinski definition) is 3. The number of anilines is 1. The summed E-state index contributed by atoms with van der Waals surface area (Å²) in [4.78, 5) is 0. The lowest BCUT2D eigenvalue weighted by molar-refractivity contribution is 0.632. The summed E-state index contributed by atoms with van der Waals surface area (Å²) in [6.07, 6.45) is 0. The maximum absolute atomic E-state index is 14.3. The SMILES string of the molecule is Cn1nc(-c2ccsc2)c(-c2cccc(Cl)c2F)c1N. The van der Waals surface area contributed by atoms with Gasteiger partial charge >= 0.3 is 0 Å². The van der Waals surface area contributed by atoms with Crippen molar-refractivity contribution in [3.05, 3.63) is 45.9 Å². The summed E-state index contributed by atoms with van der Waals surface area (Å²) in [6, 6.07) is 6.80. The molecule has 6 heteroatoms. The van der Waals surface area contributed by atoms with E-state index >= 15 is 0 Å². The molecular weight excluding hydrogens is 297 g/mol. The summed E-state index contributed by atoms with van der Waals surface area (Å²) in [5.41, 5.74) is 8.57. The van der Waals surface area contributed by atoms with Crippen LogP contribution in [0.4, 0.5) is 10.2 Å². The molecule has 2 N–H and O–H groups in total. The van der Waals surface area contributed by atoms with Crippen molar-refractivity contribution in [1.29, 1.82) is 0 Å².